The van der Waals surface area contributed by atoms with Crippen LogP contribution in [-0.4, -0.2) is 16.4 Å². The van der Waals surface area contributed by atoms with Crippen molar-refractivity contribution in [2.45, 2.75) is 32.6 Å². The predicted octanol–water partition coefficient (Wildman–Crippen LogP) is 2.23. The number of ether oxygens (including phenoxy) is 1. The van der Waals surface area contributed by atoms with E-state index in [-0.39, 0.29) is 0 Å². The number of hydrogen-bond donors (Lipinski definition) is 2. The van der Waals surface area contributed by atoms with E-state index in [1.807, 2.05) is 0 Å². The molecule has 0 fully saturated rings. The molecule has 0 amide bonds. The van der Waals surface area contributed by atoms with Crippen molar-refractivity contribution in [3.63, 3.8) is 0 Å². The van der Waals surface area contributed by atoms with Gasteiger partial charge in [0.25, 0.3) is 0 Å². The first kappa shape index (κ1) is 12.7. The summed E-state index contributed by atoms with van der Waals surface area (Å²) in [7, 11) is -4.03. The highest BCUT2D eigenvalue weighted by Crippen LogP contribution is 2.35. The van der Waals surface area contributed by atoms with Crippen molar-refractivity contribution in [3.05, 3.63) is 12.1 Å². The summed E-state index contributed by atoms with van der Waals surface area (Å²) in [5.41, 5.74) is 0. The molecule has 0 aliphatic carbocycles. The Morgan fingerprint density at radius 1 is 1.31 bits per heavy atom. The molecule has 0 unspecified atom stereocenters. The van der Waals surface area contributed by atoms with Crippen LogP contribution in [0.1, 0.15) is 32.6 Å². The Morgan fingerprint density at radius 2 is 2.00 bits per heavy atom. The minimum absolute atomic E-state index is 0.524. The highest BCUT2D eigenvalue weighted by atomic mass is 31.2. The van der Waals surface area contributed by atoms with E-state index in [0.29, 0.717) is 6.61 Å². The maximum absolute atomic E-state index is 10.3. The third kappa shape index (κ3) is 11.7. The molecule has 0 aromatic heterocycles. The van der Waals surface area contributed by atoms with Gasteiger partial charge in [-0.25, -0.2) is 0 Å². The molecule has 0 aromatic rings. The van der Waals surface area contributed by atoms with E-state index in [2.05, 4.69) is 6.92 Å². The zero-order valence-corrected chi connectivity index (χ0v) is 8.74. The Balaban J connectivity index is 3.26. The summed E-state index contributed by atoms with van der Waals surface area (Å²) in [6.07, 6.45) is 5.44. The van der Waals surface area contributed by atoms with Crippen LogP contribution in [0.25, 0.3) is 0 Å². The summed E-state index contributed by atoms with van der Waals surface area (Å²) in [6.45, 7) is 2.64. The van der Waals surface area contributed by atoms with E-state index in [1.54, 1.807) is 0 Å². The fourth-order valence-electron chi connectivity index (χ4n) is 0.803. The molecule has 0 spiro atoms. The molecule has 0 rings (SSSR count). The second-order valence-corrected chi connectivity index (χ2v) is 4.28. The van der Waals surface area contributed by atoms with Crippen molar-refractivity contribution in [2.24, 2.45) is 0 Å². The van der Waals surface area contributed by atoms with E-state index in [1.165, 1.54) is 12.8 Å². The lowest BCUT2D eigenvalue weighted by molar-refractivity contribution is 0.240. The minimum Gasteiger partial charge on any atom is -0.501 e. The van der Waals surface area contributed by atoms with E-state index in [9.17, 15) is 4.57 Å². The average Bonchev–Trinajstić information content (AvgIpc) is 2.01. The Hall–Kier alpha value is -0.310. The van der Waals surface area contributed by atoms with Gasteiger partial charge in [0.1, 0.15) is 0 Å². The van der Waals surface area contributed by atoms with E-state index >= 15 is 0 Å². The molecule has 0 saturated heterocycles. The van der Waals surface area contributed by atoms with Gasteiger partial charge in [-0.2, -0.15) is 0 Å². The van der Waals surface area contributed by atoms with Crippen LogP contribution in [0.15, 0.2) is 12.1 Å². The lowest BCUT2D eigenvalue weighted by Crippen LogP contribution is -1.87. The molecular weight excluding hydrogens is 191 g/mol. The Labute approximate surface area is 78.8 Å². The Bertz CT molecular complexity index is 185. The maximum Gasteiger partial charge on any atom is 0.352 e. The largest absolute Gasteiger partial charge is 0.501 e. The molecule has 78 valence electrons. The summed E-state index contributed by atoms with van der Waals surface area (Å²) in [5, 5.41) is 0. The van der Waals surface area contributed by atoms with Crippen LogP contribution in [0, 0.1) is 0 Å². The van der Waals surface area contributed by atoms with E-state index in [0.717, 1.165) is 24.9 Å². The maximum atomic E-state index is 10.3. The fraction of sp³-hybridized carbons (Fsp3) is 0.750. The molecule has 0 aliphatic rings. The minimum atomic E-state index is -4.03. The summed E-state index contributed by atoms with van der Waals surface area (Å²) in [6, 6.07) is 0. The normalized spacial score (nSPS) is 12.2. The SMILES string of the molecule is CCCCCCOC=CP(=O)(O)O. The second kappa shape index (κ2) is 7.13. The van der Waals surface area contributed by atoms with Crippen molar-refractivity contribution in [1.29, 1.82) is 0 Å². The van der Waals surface area contributed by atoms with Crippen LogP contribution >= 0.6 is 7.60 Å². The molecule has 0 radical (unpaired) electrons. The fourth-order valence-corrected chi connectivity index (χ4v) is 1.05. The summed E-state index contributed by atoms with van der Waals surface area (Å²) in [5.74, 6) is 0.771. The zero-order valence-electron chi connectivity index (χ0n) is 7.85. The van der Waals surface area contributed by atoms with Gasteiger partial charge in [0.05, 0.1) is 18.7 Å². The van der Waals surface area contributed by atoms with E-state index < -0.39 is 7.60 Å². The number of unbranched alkanes of at least 4 members (excludes halogenated alkanes) is 3. The Morgan fingerprint density at radius 3 is 2.54 bits per heavy atom. The van der Waals surface area contributed by atoms with Gasteiger partial charge in [-0.1, -0.05) is 26.2 Å². The molecule has 4 nitrogen and oxygen atoms in total. The van der Waals surface area contributed by atoms with Gasteiger partial charge < -0.3 is 14.5 Å². The molecule has 0 saturated carbocycles. The molecule has 2 N–H and O–H groups in total. The van der Waals surface area contributed by atoms with Gasteiger partial charge in [-0.15, -0.1) is 0 Å². The topological polar surface area (TPSA) is 66.8 Å². The van der Waals surface area contributed by atoms with Crippen LogP contribution in [0.2, 0.25) is 0 Å². The van der Waals surface area contributed by atoms with Gasteiger partial charge >= 0.3 is 7.60 Å². The van der Waals surface area contributed by atoms with Gasteiger partial charge in [-0.3, -0.25) is 4.57 Å². The van der Waals surface area contributed by atoms with Crippen molar-refractivity contribution in [1.82, 2.24) is 0 Å². The first-order chi connectivity index (χ1) is 6.06. The molecule has 0 atom stereocenters. The van der Waals surface area contributed by atoms with Gasteiger partial charge in [0.2, 0.25) is 0 Å². The van der Waals surface area contributed by atoms with Crippen LogP contribution in [-0.2, 0) is 9.30 Å². The highest BCUT2D eigenvalue weighted by molar-refractivity contribution is 7.55. The van der Waals surface area contributed by atoms with Crippen LogP contribution in [0.3, 0.4) is 0 Å². The first-order valence-corrected chi connectivity index (χ1v) is 6.09. The zero-order chi connectivity index (χ0) is 10.2. The molecule has 0 bridgehead atoms. The van der Waals surface area contributed by atoms with E-state index in [4.69, 9.17) is 14.5 Å². The van der Waals surface area contributed by atoms with Crippen molar-refractivity contribution in [2.75, 3.05) is 6.61 Å². The third-order valence-electron chi connectivity index (χ3n) is 1.47. The van der Waals surface area contributed by atoms with Crippen LogP contribution in [0.5, 0.6) is 0 Å². The first-order valence-electron chi connectivity index (χ1n) is 4.41. The highest BCUT2D eigenvalue weighted by Gasteiger charge is 2.04. The lowest BCUT2D eigenvalue weighted by atomic mass is 10.2. The van der Waals surface area contributed by atoms with Crippen LogP contribution in [0.4, 0.5) is 0 Å². The summed E-state index contributed by atoms with van der Waals surface area (Å²) < 4.78 is 15.2. The average molecular weight is 208 g/mol. The molecule has 13 heavy (non-hydrogen) atoms. The molecule has 0 aromatic carbocycles. The Kier molecular flexibility index (Phi) is 6.96. The van der Waals surface area contributed by atoms with Crippen LogP contribution < -0.4 is 0 Å². The van der Waals surface area contributed by atoms with Gasteiger partial charge in [0, 0.05) is 0 Å². The molecule has 0 heterocycles. The third-order valence-corrected chi connectivity index (χ3v) is 1.98. The standard InChI is InChI=1S/C8H17O4P/c1-2-3-4-5-6-12-7-8-13(9,10)11/h7-8H,2-6H2,1H3,(H2,9,10,11). The number of rotatable bonds is 7. The van der Waals surface area contributed by atoms with Crippen molar-refractivity contribution >= 4 is 7.60 Å². The predicted molar refractivity (Wildman–Crippen MR) is 51.3 cm³/mol. The second-order valence-electron chi connectivity index (χ2n) is 2.81. The van der Waals surface area contributed by atoms with Crippen molar-refractivity contribution in [3.8, 4) is 0 Å². The lowest BCUT2D eigenvalue weighted by Gasteiger charge is -2.00. The monoisotopic (exact) mass is 208 g/mol. The number of hydrogen-bond acceptors (Lipinski definition) is 2. The van der Waals surface area contributed by atoms with Crippen molar-refractivity contribution < 1.29 is 19.1 Å². The molecular formula is C8H17O4P. The smallest absolute Gasteiger partial charge is 0.352 e. The summed E-state index contributed by atoms with van der Waals surface area (Å²) >= 11 is 0. The van der Waals surface area contributed by atoms with Gasteiger partial charge in [0.15, 0.2) is 0 Å². The van der Waals surface area contributed by atoms with Gasteiger partial charge in [-0.05, 0) is 6.42 Å². The molecule has 0 aliphatic heterocycles. The quantitative estimate of drug-likeness (QED) is 0.382. The summed E-state index contributed by atoms with van der Waals surface area (Å²) in [4.78, 5) is 16.8. The molecule has 5 heteroatoms.